The van der Waals surface area contributed by atoms with E-state index in [4.69, 9.17) is 5.11 Å². The first-order chi connectivity index (χ1) is 10.1. The van der Waals surface area contributed by atoms with Crippen molar-refractivity contribution in [3.05, 3.63) is 27.2 Å². The molecule has 0 fully saturated rings. The van der Waals surface area contributed by atoms with E-state index in [2.05, 4.69) is 21.5 Å². The van der Waals surface area contributed by atoms with Gasteiger partial charge in [0.25, 0.3) is 0 Å². The first kappa shape index (κ1) is 15.7. The first-order valence-electron chi connectivity index (χ1n) is 6.93. The second kappa shape index (κ2) is 7.33. The number of aliphatic hydroxyl groups is 1. The summed E-state index contributed by atoms with van der Waals surface area (Å²) < 4.78 is 1.63. The molecule has 0 atom stereocenters. The lowest BCUT2D eigenvalue weighted by molar-refractivity contribution is 0.112. The van der Waals surface area contributed by atoms with Gasteiger partial charge in [-0.2, -0.15) is 10.1 Å². The zero-order chi connectivity index (χ0) is 15.2. The van der Waals surface area contributed by atoms with Gasteiger partial charge in [-0.25, -0.2) is 4.68 Å². The molecule has 0 unspecified atom stereocenters. The molecule has 0 radical (unpaired) electrons. The Labute approximate surface area is 127 Å². The predicted octanol–water partition coefficient (Wildman–Crippen LogP) is 1.92. The molecule has 7 heteroatoms. The minimum Gasteiger partial charge on any atom is -0.388 e. The van der Waals surface area contributed by atoms with Crippen LogP contribution in [0.2, 0.25) is 0 Å². The van der Waals surface area contributed by atoms with Gasteiger partial charge in [-0.3, -0.25) is 4.79 Å². The van der Waals surface area contributed by atoms with Gasteiger partial charge in [0, 0.05) is 18.5 Å². The summed E-state index contributed by atoms with van der Waals surface area (Å²) in [5.74, 6) is 1.10. The quantitative estimate of drug-likeness (QED) is 0.575. The van der Waals surface area contributed by atoms with Crippen molar-refractivity contribution in [2.45, 2.75) is 32.8 Å². The molecule has 2 aromatic rings. The Balaban J connectivity index is 1.72. The molecule has 0 bridgehead atoms. The van der Waals surface area contributed by atoms with Crippen molar-refractivity contribution in [1.29, 1.82) is 0 Å². The molecule has 2 aromatic heterocycles. The number of carbonyl (C=O) groups is 1. The van der Waals surface area contributed by atoms with Crippen molar-refractivity contribution in [3.8, 4) is 0 Å². The normalized spacial score (nSPS) is 10.8. The van der Waals surface area contributed by atoms with Gasteiger partial charge in [0.2, 0.25) is 5.95 Å². The van der Waals surface area contributed by atoms with E-state index in [1.807, 2.05) is 6.92 Å². The molecule has 114 valence electrons. The van der Waals surface area contributed by atoms with Crippen molar-refractivity contribution < 1.29 is 9.90 Å². The number of rotatable bonds is 8. The Hall–Kier alpha value is -1.73. The van der Waals surface area contributed by atoms with Gasteiger partial charge in [0.1, 0.15) is 6.61 Å². The fraction of sp³-hybridized carbons (Fsp3) is 0.500. The fourth-order valence-corrected chi connectivity index (χ4v) is 3.12. The molecule has 6 nitrogen and oxygen atoms in total. The number of unbranched alkanes of at least 4 members (excludes halogenated alkanes) is 1. The van der Waals surface area contributed by atoms with E-state index in [1.165, 1.54) is 4.88 Å². The van der Waals surface area contributed by atoms with E-state index in [9.17, 15) is 4.79 Å². The van der Waals surface area contributed by atoms with Crippen molar-refractivity contribution in [3.63, 3.8) is 0 Å². The number of nitrogens with one attached hydrogen (secondary N) is 1. The zero-order valence-corrected chi connectivity index (χ0v) is 13.1. The number of hydrogen-bond donors (Lipinski definition) is 2. The van der Waals surface area contributed by atoms with Crippen LogP contribution in [0.25, 0.3) is 0 Å². The van der Waals surface area contributed by atoms with Crippen LogP contribution in [0.5, 0.6) is 0 Å². The second-order valence-corrected chi connectivity index (χ2v) is 6.06. The molecule has 0 aliphatic heterocycles. The van der Waals surface area contributed by atoms with Gasteiger partial charge in [-0.15, -0.1) is 11.3 Å². The molecule has 0 spiro atoms. The van der Waals surface area contributed by atoms with Gasteiger partial charge in [0.15, 0.2) is 12.1 Å². The van der Waals surface area contributed by atoms with Crippen molar-refractivity contribution in [2.24, 2.45) is 7.05 Å². The molecule has 2 rings (SSSR count). The van der Waals surface area contributed by atoms with E-state index >= 15 is 0 Å². The van der Waals surface area contributed by atoms with Gasteiger partial charge in [0.05, 0.1) is 4.88 Å². The van der Waals surface area contributed by atoms with Crippen LogP contribution in [0.4, 0.5) is 5.95 Å². The van der Waals surface area contributed by atoms with E-state index in [0.29, 0.717) is 11.8 Å². The summed E-state index contributed by atoms with van der Waals surface area (Å²) in [4.78, 5) is 17.1. The number of aldehydes is 1. The Morgan fingerprint density at radius 2 is 2.29 bits per heavy atom. The minimum atomic E-state index is -0.147. The van der Waals surface area contributed by atoms with Gasteiger partial charge in [-0.05, 0) is 37.8 Å². The third-order valence-electron chi connectivity index (χ3n) is 3.20. The van der Waals surface area contributed by atoms with Crippen molar-refractivity contribution in [2.75, 3.05) is 11.9 Å². The smallest absolute Gasteiger partial charge is 0.221 e. The number of anilines is 1. The molecular weight excluding hydrogens is 288 g/mol. The number of carbonyl (C=O) groups excluding carboxylic acids is 1. The van der Waals surface area contributed by atoms with E-state index in [-0.39, 0.29) is 6.61 Å². The number of nitrogens with zero attached hydrogens (tertiary/aromatic N) is 3. The molecule has 0 amide bonds. The average Bonchev–Trinajstić information content (AvgIpc) is 3.01. The maximum absolute atomic E-state index is 10.8. The van der Waals surface area contributed by atoms with Crippen molar-refractivity contribution in [1.82, 2.24) is 14.8 Å². The highest BCUT2D eigenvalue weighted by Crippen LogP contribution is 2.21. The topological polar surface area (TPSA) is 80.0 Å². The highest BCUT2D eigenvalue weighted by molar-refractivity contribution is 7.13. The van der Waals surface area contributed by atoms with Gasteiger partial charge >= 0.3 is 0 Å². The number of aryl methyl sites for hydroxylation is 3. The van der Waals surface area contributed by atoms with Gasteiger partial charge in [-0.1, -0.05) is 0 Å². The molecule has 2 N–H and O–H groups in total. The lowest BCUT2D eigenvalue weighted by Crippen LogP contribution is -2.07. The average molecular weight is 308 g/mol. The van der Waals surface area contributed by atoms with Crippen LogP contribution in [-0.2, 0) is 20.1 Å². The molecule has 0 saturated carbocycles. The fourth-order valence-electron chi connectivity index (χ4n) is 2.09. The predicted molar refractivity (Wildman–Crippen MR) is 82.8 cm³/mol. The van der Waals surface area contributed by atoms with Crippen LogP contribution in [0.3, 0.4) is 0 Å². The third kappa shape index (κ3) is 4.12. The maximum Gasteiger partial charge on any atom is 0.221 e. The monoisotopic (exact) mass is 308 g/mol. The first-order valence-corrected chi connectivity index (χ1v) is 7.75. The molecule has 0 saturated heterocycles. The Bertz CT molecular complexity index is 606. The lowest BCUT2D eigenvalue weighted by atomic mass is 10.2. The molecule has 0 aliphatic carbocycles. The van der Waals surface area contributed by atoms with Crippen LogP contribution in [0.1, 0.15) is 38.8 Å². The second-order valence-electron chi connectivity index (χ2n) is 4.90. The molecular formula is C14H20N4O2S. The Morgan fingerprint density at radius 3 is 2.90 bits per heavy atom. The standard InChI is InChI=1S/C14H20N4O2S/c1-10-7-11(21-12(10)8-19)5-3-4-6-15-14-16-13(9-20)17-18(14)2/h7-8,20H,3-6,9H2,1-2H3,(H,15,16,17). The highest BCUT2D eigenvalue weighted by atomic mass is 32.1. The molecule has 2 heterocycles. The number of aromatic nitrogens is 3. The Morgan fingerprint density at radius 1 is 1.48 bits per heavy atom. The summed E-state index contributed by atoms with van der Waals surface area (Å²) >= 11 is 1.58. The van der Waals surface area contributed by atoms with Gasteiger partial charge < -0.3 is 10.4 Å². The zero-order valence-electron chi connectivity index (χ0n) is 12.3. The summed E-state index contributed by atoms with van der Waals surface area (Å²) in [6, 6.07) is 2.10. The number of thiophene rings is 1. The maximum atomic E-state index is 10.8. The highest BCUT2D eigenvalue weighted by Gasteiger charge is 2.06. The molecule has 0 aliphatic rings. The van der Waals surface area contributed by atoms with Crippen LogP contribution >= 0.6 is 11.3 Å². The van der Waals surface area contributed by atoms with Crippen LogP contribution in [-0.4, -0.2) is 32.7 Å². The molecule has 0 aromatic carbocycles. The van der Waals surface area contributed by atoms with Crippen LogP contribution < -0.4 is 5.32 Å². The van der Waals surface area contributed by atoms with Crippen molar-refractivity contribution >= 4 is 23.6 Å². The SMILES string of the molecule is Cc1cc(CCCCNc2nc(CO)nn2C)sc1C=O. The lowest BCUT2D eigenvalue weighted by Gasteiger charge is -2.04. The number of aliphatic hydroxyl groups excluding tert-OH is 1. The van der Waals surface area contributed by atoms with Crippen LogP contribution in [0, 0.1) is 6.92 Å². The molecule has 21 heavy (non-hydrogen) atoms. The largest absolute Gasteiger partial charge is 0.388 e. The summed E-state index contributed by atoms with van der Waals surface area (Å²) in [6.07, 6.45) is 3.98. The minimum absolute atomic E-state index is 0.147. The summed E-state index contributed by atoms with van der Waals surface area (Å²) in [6.45, 7) is 2.63. The Kier molecular flexibility index (Phi) is 5.46. The summed E-state index contributed by atoms with van der Waals surface area (Å²) in [5.41, 5.74) is 1.07. The van der Waals surface area contributed by atoms with Crippen LogP contribution in [0.15, 0.2) is 6.07 Å². The number of hydrogen-bond acceptors (Lipinski definition) is 6. The van der Waals surface area contributed by atoms with E-state index in [0.717, 1.165) is 42.5 Å². The third-order valence-corrected chi connectivity index (χ3v) is 4.42. The summed E-state index contributed by atoms with van der Waals surface area (Å²) in [5, 5.41) is 16.2. The van der Waals surface area contributed by atoms with E-state index < -0.39 is 0 Å². The van der Waals surface area contributed by atoms with E-state index in [1.54, 1.807) is 23.1 Å². The summed E-state index contributed by atoms with van der Waals surface area (Å²) in [7, 11) is 1.80.